The molecule has 1 heterocycles. The highest BCUT2D eigenvalue weighted by atomic mass is 19.1. The summed E-state index contributed by atoms with van der Waals surface area (Å²) in [5.41, 5.74) is 0.673. The fourth-order valence-corrected chi connectivity index (χ4v) is 2.56. The van der Waals surface area contributed by atoms with Crippen LogP contribution >= 0.6 is 0 Å². The number of halogens is 1. The minimum Gasteiger partial charge on any atom is -0.505 e. The minimum absolute atomic E-state index is 0.206. The van der Waals surface area contributed by atoms with Gasteiger partial charge in [-0.05, 0) is 33.0 Å². The van der Waals surface area contributed by atoms with Crippen molar-refractivity contribution >= 4 is 0 Å². The van der Waals surface area contributed by atoms with E-state index in [2.05, 4.69) is 23.8 Å². The summed E-state index contributed by atoms with van der Waals surface area (Å²) in [6, 6.07) is 5.15. The molecule has 100 valence electrons. The lowest BCUT2D eigenvalue weighted by Crippen LogP contribution is -2.37. The standard InChI is InChI=1S/C14H21FN2O/c1-11-9-16(2)7-4-8-17(11)10-12-5-3-6-13(15)14(12)18/h3,5-6,11,18H,4,7-10H2,1-2H3. The van der Waals surface area contributed by atoms with E-state index in [1.54, 1.807) is 12.1 Å². The fraction of sp³-hybridized carbons (Fsp3) is 0.571. The summed E-state index contributed by atoms with van der Waals surface area (Å²) in [6.45, 7) is 5.88. The third-order valence-corrected chi connectivity index (χ3v) is 3.63. The van der Waals surface area contributed by atoms with E-state index in [1.807, 2.05) is 0 Å². The number of para-hydroxylation sites is 1. The van der Waals surface area contributed by atoms with Crippen LogP contribution in [0.1, 0.15) is 18.9 Å². The zero-order chi connectivity index (χ0) is 13.1. The molecule has 1 fully saturated rings. The van der Waals surface area contributed by atoms with Gasteiger partial charge in [-0.1, -0.05) is 12.1 Å². The second-order valence-electron chi connectivity index (χ2n) is 5.18. The van der Waals surface area contributed by atoms with Gasteiger partial charge in [0, 0.05) is 31.2 Å². The lowest BCUT2D eigenvalue weighted by atomic mass is 10.1. The predicted molar refractivity (Wildman–Crippen MR) is 70.1 cm³/mol. The van der Waals surface area contributed by atoms with Gasteiger partial charge in [0.05, 0.1) is 0 Å². The van der Waals surface area contributed by atoms with Crippen molar-refractivity contribution in [3.63, 3.8) is 0 Å². The average molecular weight is 252 g/mol. The van der Waals surface area contributed by atoms with E-state index in [9.17, 15) is 9.50 Å². The van der Waals surface area contributed by atoms with Crippen LogP contribution in [0.25, 0.3) is 0 Å². The minimum atomic E-state index is -0.535. The first-order valence-electron chi connectivity index (χ1n) is 6.47. The van der Waals surface area contributed by atoms with Crippen molar-refractivity contribution in [2.24, 2.45) is 0 Å². The molecule has 1 saturated heterocycles. The van der Waals surface area contributed by atoms with Crippen LogP contribution in [0, 0.1) is 5.82 Å². The van der Waals surface area contributed by atoms with E-state index in [1.165, 1.54) is 6.07 Å². The van der Waals surface area contributed by atoms with Crippen LogP contribution < -0.4 is 0 Å². The maximum absolute atomic E-state index is 13.3. The van der Waals surface area contributed by atoms with Gasteiger partial charge in [-0.15, -0.1) is 0 Å². The summed E-state index contributed by atoms with van der Waals surface area (Å²) in [5, 5.41) is 9.72. The molecular weight excluding hydrogens is 231 g/mol. The lowest BCUT2D eigenvalue weighted by molar-refractivity contribution is 0.192. The molecule has 1 aromatic carbocycles. The average Bonchev–Trinajstić information content (AvgIpc) is 2.47. The normalized spacial score (nSPS) is 22.9. The Kier molecular flexibility index (Phi) is 4.19. The summed E-state index contributed by atoms with van der Waals surface area (Å²) in [7, 11) is 2.12. The number of hydrogen-bond acceptors (Lipinski definition) is 3. The van der Waals surface area contributed by atoms with Gasteiger partial charge >= 0.3 is 0 Å². The SMILES string of the molecule is CC1CN(C)CCCN1Cc1cccc(F)c1O. The van der Waals surface area contributed by atoms with Crippen LogP contribution in [-0.2, 0) is 6.54 Å². The second-order valence-corrected chi connectivity index (χ2v) is 5.18. The molecule has 1 atom stereocenters. The zero-order valence-electron chi connectivity index (χ0n) is 11.1. The van der Waals surface area contributed by atoms with Gasteiger partial charge < -0.3 is 10.0 Å². The first-order valence-corrected chi connectivity index (χ1v) is 6.47. The molecule has 1 aliphatic heterocycles. The van der Waals surface area contributed by atoms with Gasteiger partial charge in [-0.3, -0.25) is 4.90 Å². The van der Waals surface area contributed by atoms with Gasteiger partial charge in [0.1, 0.15) is 0 Å². The highest BCUT2D eigenvalue weighted by Gasteiger charge is 2.20. The van der Waals surface area contributed by atoms with Crippen molar-refractivity contribution in [2.75, 3.05) is 26.7 Å². The molecule has 0 saturated carbocycles. The first kappa shape index (κ1) is 13.3. The smallest absolute Gasteiger partial charge is 0.165 e. The van der Waals surface area contributed by atoms with Crippen molar-refractivity contribution in [3.8, 4) is 5.75 Å². The van der Waals surface area contributed by atoms with Crippen molar-refractivity contribution in [2.45, 2.75) is 25.9 Å². The highest BCUT2D eigenvalue weighted by Crippen LogP contribution is 2.23. The molecule has 0 bridgehead atoms. The maximum Gasteiger partial charge on any atom is 0.165 e. The molecule has 18 heavy (non-hydrogen) atoms. The molecule has 4 heteroatoms. The number of phenols is 1. The van der Waals surface area contributed by atoms with Crippen molar-refractivity contribution in [1.82, 2.24) is 9.80 Å². The van der Waals surface area contributed by atoms with Crippen molar-refractivity contribution < 1.29 is 9.50 Å². The molecule has 2 rings (SSSR count). The van der Waals surface area contributed by atoms with Crippen LogP contribution in [-0.4, -0.2) is 47.6 Å². The molecule has 1 unspecified atom stereocenters. The van der Waals surface area contributed by atoms with E-state index in [0.717, 1.165) is 26.1 Å². The Balaban J connectivity index is 2.10. The van der Waals surface area contributed by atoms with Gasteiger partial charge in [0.15, 0.2) is 11.6 Å². The predicted octanol–water partition coefficient (Wildman–Crippen LogP) is 2.06. The van der Waals surface area contributed by atoms with Crippen LogP contribution in [0.4, 0.5) is 4.39 Å². The third kappa shape index (κ3) is 3.00. The number of aromatic hydroxyl groups is 1. The highest BCUT2D eigenvalue weighted by molar-refractivity contribution is 5.33. The molecule has 1 aromatic rings. The Bertz CT molecular complexity index is 411. The van der Waals surface area contributed by atoms with E-state index >= 15 is 0 Å². The summed E-state index contributed by atoms with van der Waals surface area (Å²) >= 11 is 0. The van der Waals surface area contributed by atoms with Crippen LogP contribution in [0.2, 0.25) is 0 Å². The Hall–Kier alpha value is -1.13. The number of benzene rings is 1. The van der Waals surface area contributed by atoms with E-state index in [4.69, 9.17) is 0 Å². The summed E-state index contributed by atoms with van der Waals surface area (Å²) < 4.78 is 13.3. The van der Waals surface area contributed by atoms with Gasteiger partial charge in [0.2, 0.25) is 0 Å². The van der Waals surface area contributed by atoms with Crippen LogP contribution in [0.15, 0.2) is 18.2 Å². The van der Waals surface area contributed by atoms with Gasteiger partial charge in [-0.25, -0.2) is 4.39 Å². The Morgan fingerprint density at radius 1 is 1.39 bits per heavy atom. The Morgan fingerprint density at radius 2 is 2.17 bits per heavy atom. The molecule has 3 nitrogen and oxygen atoms in total. The van der Waals surface area contributed by atoms with Crippen LogP contribution in [0.5, 0.6) is 5.75 Å². The molecule has 0 amide bonds. The van der Waals surface area contributed by atoms with E-state index in [0.29, 0.717) is 18.2 Å². The molecule has 0 spiro atoms. The number of nitrogens with zero attached hydrogens (tertiary/aromatic N) is 2. The molecular formula is C14H21FN2O. The largest absolute Gasteiger partial charge is 0.505 e. The Labute approximate surface area is 108 Å². The summed E-state index contributed by atoms with van der Waals surface area (Å²) in [6.07, 6.45) is 1.11. The number of likely N-dealkylation sites (N-methyl/N-ethyl adjacent to an activating group) is 1. The molecule has 0 radical (unpaired) electrons. The monoisotopic (exact) mass is 252 g/mol. The van der Waals surface area contributed by atoms with Gasteiger partial charge in [-0.2, -0.15) is 0 Å². The van der Waals surface area contributed by atoms with Crippen LogP contribution in [0.3, 0.4) is 0 Å². The second kappa shape index (κ2) is 5.67. The topological polar surface area (TPSA) is 26.7 Å². The van der Waals surface area contributed by atoms with Gasteiger partial charge in [0.25, 0.3) is 0 Å². The number of rotatable bonds is 2. The quantitative estimate of drug-likeness (QED) is 0.872. The molecule has 1 aliphatic rings. The van der Waals surface area contributed by atoms with Crippen molar-refractivity contribution in [1.29, 1.82) is 0 Å². The van der Waals surface area contributed by atoms with E-state index in [-0.39, 0.29) is 5.75 Å². The zero-order valence-corrected chi connectivity index (χ0v) is 11.1. The lowest BCUT2D eigenvalue weighted by Gasteiger charge is -2.28. The molecule has 1 N–H and O–H groups in total. The first-order chi connectivity index (χ1) is 8.58. The van der Waals surface area contributed by atoms with E-state index < -0.39 is 5.82 Å². The third-order valence-electron chi connectivity index (χ3n) is 3.63. The Morgan fingerprint density at radius 3 is 2.94 bits per heavy atom. The maximum atomic E-state index is 13.3. The number of phenolic OH excluding ortho intramolecular Hbond substituents is 1. The fourth-order valence-electron chi connectivity index (χ4n) is 2.56. The van der Waals surface area contributed by atoms with Crippen molar-refractivity contribution in [3.05, 3.63) is 29.6 Å². The number of hydrogen-bond donors (Lipinski definition) is 1. The molecule has 0 aromatic heterocycles. The summed E-state index contributed by atoms with van der Waals surface area (Å²) in [4.78, 5) is 4.62. The summed E-state index contributed by atoms with van der Waals surface area (Å²) in [5.74, 6) is -0.741. The molecule has 0 aliphatic carbocycles.